The topological polar surface area (TPSA) is 8.17 Å². The maximum absolute atomic E-state index is 2.52. The zero-order valence-corrected chi connectivity index (χ0v) is 37.6. The zero-order chi connectivity index (χ0) is 45.0. The third-order valence-corrected chi connectivity index (χ3v) is 14.1. The van der Waals surface area contributed by atoms with E-state index in [4.69, 9.17) is 0 Å². The van der Waals surface area contributed by atoms with Crippen molar-refractivity contribution in [2.75, 3.05) is 4.90 Å². The van der Waals surface area contributed by atoms with Gasteiger partial charge in [-0.15, -0.1) is 0 Å². The molecule has 0 N–H and O–H groups in total. The smallest absolute Gasteiger partial charge is 0.0541 e. The monoisotopic (exact) mass is 866 g/mol. The quantitative estimate of drug-likeness (QED) is 0.138. The van der Waals surface area contributed by atoms with Crippen molar-refractivity contribution >= 4 is 72.1 Å². The average Bonchev–Trinajstić information content (AvgIpc) is 3.75. The highest BCUT2D eigenvalue weighted by Gasteiger charge is 2.24. The molecule has 1 aliphatic rings. The first-order valence-electron chi connectivity index (χ1n) is 23.7. The number of benzene rings is 11. The number of para-hydroxylation sites is 4. The Hall–Kier alpha value is -8.72. The van der Waals surface area contributed by atoms with Gasteiger partial charge in [-0.2, -0.15) is 0 Å². The van der Waals surface area contributed by atoms with Crippen LogP contribution in [-0.4, -0.2) is 4.57 Å². The highest BCUT2D eigenvalue weighted by atomic mass is 15.1. The second-order valence-corrected chi connectivity index (χ2v) is 17.9. The molecule has 2 heteroatoms. The summed E-state index contributed by atoms with van der Waals surface area (Å²) in [5.74, 6) is 0. The normalized spacial score (nSPS) is 12.4. The van der Waals surface area contributed by atoms with Crippen molar-refractivity contribution in [3.05, 3.63) is 265 Å². The maximum Gasteiger partial charge on any atom is 0.0541 e. The van der Waals surface area contributed by atoms with E-state index in [0.717, 1.165) is 35.6 Å². The van der Waals surface area contributed by atoms with Crippen molar-refractivity contribution in [1.82, 2.24) is 4.57 Å². The van der Waals surface area contributed by atoms with Gasteiger partial charge in [0.25, 0.3) is 0 Å². The summed E-state index contributed by atoms with van der Waals surface area (Å²) in [5.41, 5.74) is 16.8. The summed E-state index contributed by atoms with van der Waals surface area (Å²) in [6, 6.07) is 91.5. The van der Waals surface area contributed by atoms with Crippen LogP contribution in [0.3, 0.4) is 0 Å². The molecular formula is C66H46N2. The maximum atomic E-state index is 2.52. The molecule has 0 radical (unpaired) electrons. The molecular weight excluding hydrogens is 821 g/mol. The van der Waals surface area contributed by atoms with Crippen LogP contribution in [0.25, 0.3) is 94.1 Å². The fourth-order valence-electron chi connectivity index (χ4n) is 11.0. The molecule has 0 bridgehead atoms. The summed E-state index contributed by atoms with van der Waals surface area (Å²) in [6.45, 7) is 0. The molecule has 0 spiro atoms. The summed E-state index contributed by atoms with van der Waals surface area (Å²) in [7, 11) is 0. The summed E-state index contributed by atoms with van der Waals surface area (Å²) in [6.07, 6.45) is 4.35. The highest BCUT2D eigenvalue weighted by Crippen LogP contribution is 2.46. The van der Waals surface area contributed by atoms with Crippen molar-refractivity contribution in [2.24, 2.45) is 0 Å². The fraction of sp³-hybridized carbons (Fsp3) is 0.0303. The van der Waals surface area contributed by atoms with Crippen molar-refractivity contribution in [3.63, 3.8) is 0 Å². The zero-order valence-electron chi connectivity index (χ0n) is 37.6. The number of fused-ring (bicyclic) bond motifs is 7. The van der Waals surface area contributed by atoms with Crippen molar-refractivity contribution < 1.29 is 0 Å². The average molecular weight is 867 g/mol. The molecule has 11 aromatic carbocycles. The van der Waals surface area contributed by atoms with E-state index in [1.165, 1.54) is 98.3 Å². The predicted molar refractivity (Wildman–Crippen MR) is 289 cm³/mol. The molecule has 1 aromatic heterocycles. The fourth-order valence-corrected chi connectivity index (χ4v) is 11.0. The van der Waals surface area contributed by atoms with E-state index < -0.39 is 0 Å². The highest BCUT2D eigenvalue weighted by molar-refractivity contribution is 6.14. The Morgan fingerprint density at radius 2 is 0.971 bits per heavy atom. The van der Waals surface area contributed by atoms with E-state index in [9.17, 15) is 0 Å². The van der Waals surface area contributed by atoms with Crippen LogP contribution in [0.2, 0.25) is 0 Å². The van der Waals surface area contributed by atoms with Gasteiger partial charge in [-0.3, -0.25) is 0 Å². The Labute approximate surface area is 396 Å². The molecule has 2 nitrogen and oxygen atoms in total. The van der Waals surface area contributed by atoms with Crippen LogP contribution < -0.4 is 15.3 Å². The Morgan fingerprint density at radius 3 is 1.81 bits per heavy atom. The van der Waals surface area contributed by atoms with Crippen LogP contribution in [0, 0.1) is 0 Å². The lowest BCUT2D eigenvalue weighted by Crippen LogP contribution is -2.32. The largest absolute Gasteiger partial charge is 0.309 e. The summed E-state index contributed by atoms with van der Waals surface area (Å²) < 4.78 is 2.38. The van der Waals surface area contributed by atoms with Gasteiger partial charge < -0.3 is 9.47 Å². The summed E-state index contributed by atoms with van der Waals surface area (Å²) in [4.78, 5) is 2.52. The molecule has 320 valence electrons. The SMILES string of the molecule is C1=c2cccc(-c3ccccc3)c2=C(c2ccccc2N(c2ccc(-c3ccc4c(c3)c3ccccc3n4-c3ccccc3)cc2)c2ccccc2-c2cccc3c2ccc2ccccc23)CC1. The van der Waals surface area contributed by atoms with Gasteiger partial charge in [0.1, 0.15) is 0 Å². The molecule has 0 saturated carbocycles. The lowest BCUT2D eigenvalue weighted by Gasteiger charge is -2.31. The minimum atomic E-state index is 0.946. The third-order valence-electron chi connectivity index (χ3n) is 14.1. The molecule has 0 unspecified atom stereocenters. The van der Waals surface area contributed by atoms with Crippen LogP contribution in [0.4, 0.5) is 17.1 Å². The lowest BCUT2D eigenvalue weighted by molar-refractivity contribution is 1.07. The van der Waals surface area contributed by atoms with Gasteiger partial charge in [-0.1, -0.05) is 200 Å². The van der Waals surface area contributed by atoms with Crippen molar-refractivity contribution in [1.29, 1.82) is 0 Å². The van der Waals surface area contributed by atoms with Gasteiger partial charge in [0.2, 0.25) is 0 Å². The second-order valence-electron chi connectivity index (χ2n) is 17.9. The van der Waals surface area contributed by atoms with Gasteiger partial charge in [0.15, 0.2) is 0 Å². The third kappa shape index (κ3) is 6.64. The Morgan fingerprint density at radius 1 is 0.353 bits per heavy atom. The number of hydrogen-bond donors (Lipinski definition) is 0. The lowest BCUT2D eigenvalue weighted by atomic mass is 9.88. The van der Waals surface area contributed by atoms with Gasteiger partial charge in [0.05, 0.1) is 22.4 Å². The molecule has 0 atom stereocenters. The predicted octanol–water partition coefficient (Wildman–Crippen LogP) is 16.3. The van der Waals surface area contributed by atoms with Crippen LogP contribution in [0.5, 0.6) is 0 Å². The van der Waals surface area contributed by atoms with Crippen molar-refractivity contribution in [3.8, 4) is 39.1 Å². The Kier molecular flexibility index (Phi) is 9.68. The first-order chi connectivity index (χ1) is 33.8. The van der Waals surface area contributed by atoms with Crippen LogP contribution in [0.15, 0.2) is 249 Å². The van der Waals surface area contributed by atoms with E-state index in [1.54, 1.807) is 0 Å². The van der Waals surface area contributed by atoms with E-state index in [-0.39, 0.29) is 0 Å². The molecule has 1 heterocycles. The van der Waals surface area contributed by atoms with E-state index >= 15 is 0 Å². The molecule has 12 aromatic rings. The van der Waals surface area contributed by atoms with E-state index in [2.05, 4.69) is 264 Å². The molecule has 13 rings (SSSR count). The molecule has 1 aliphatic carbocycles. The second kappa shape index (κ2) is 16.6. The minimum Gasteiger partial charge on any atom is -0.309 e. The van der Waals surface area contributed by atoms with Gasteiger partial charge in [0, 0.05) is 33.3 Å². The summed E-state index contributed by atoms with van der Waals surface area (Å²) in [5, 5.41) is 10.1. The number of nitrogens with zero attached hydrogens (tertiary/aromatic N) is 2. The molecule has 0 aliphatic heterocycles. The molecule has 0 amide bonds. The van der Waals surface area contributed by atoms with Crippen LogP contribution in [-0.2, 0) is 0 Å². The van der Waals surface area contributed by atoms with Crippen molar-refractivity contribution in [2.45, 2.75) is 12.8 Å². The first-order valence-corrected chi connectivity index (χ1v) is 23.7. The van der Waals surface area contributed by atoms with Crippen LogP contribution >= 0.6 is 0 Å². The Balaban J connectivity index is 1.02. The number of anilines is 3. The van der Waals surface area contributed by atoms with Gasteiger partial charge in [-0.05, 0) is 133 Å². The van der Waals surface area contributed by atoms with E-state index in [1.807, 2.05) is 0 Å². The van der Waals surface area contributed by atoms with Crippen LogP contribution in [0.1, 0.15) is 18.4 Å². The number of rotatable bonds is 8. The Bertz CT molecular complexity index is 4010. The number of aromatic nitrogens is 1. The number of hydrogen-bond acceptors (Lipinski definition) is 1. The standard InChI is InChI=1S/C66H46N2/c1-3-18-46(19-4-1)53-29-15-21-48-22-16-32-60(66(48)53)58-27-10-13-34-63(58)68(62-33-12-9-26-57(62)55-31-17-30-54-52-25-8-7-20-47(52)38-42-56(54)55)51-40-36-45(37-41-51)49-39-43-65-61(44-49)59-28-11-14-35-64(59)67(65)50-23-5-2-6-24-50/h1-15,17-31,33-44H,16,32H2. The molecule has 68 heavy (non-hydrogen) atoms. The summed E-state index contributed by atoms with van der Waals surface area (Å²) >= 11 is 0. The van der Waals surface area contributed by atoms with E-state index in [0.29, 0.717) is 0 Å². The van der Waals surface area contributed by atoms with Gasteiger partial charge in [-0.25, -0.2) is 0 Å². The minimum absolute atomic E-state index is 0.946. The van der Waals surface area contributed by atoms with Gasteiger partial charge >= 0.3 is 0 Å². The molecule has 0 fully saturated rings. The first kappa shape index (κ1) is 39.6. The molecule has 0 saturated heterocycles.